The minimum Gasteiger partial charge on any atom is -0.444 e. The van der Waals surface area contributed by atoms with E-state index in [0.29, 0.717) is 12.1 Å². The second kappa shape index (κ2) is 12.2. The first-order valence-corrected chi connectivity index (χ1v) is 13.2. The molecule has 1 aromatic heterocycles. The van der Waals surface area contributed by atoms with Crippen molar-refractivity contribution in [1.29, 1.82) is 0 Å². The quantitative estimate of drug-likeness (QED) is 0.280. The van der Waals surface area contributed by atoms with Crippen LogP contribution in [0.25, 0.3) is 0 Å². The number of ether oxygens (including phenoxy) is 1. The van der Waals surface area contributed by atoms with Gasteiger partial charge in [-0.05, 0) is 50.5 Å². The Balaban J connectivity index is 1.66. The standard InChI is InChI=1S/C28H28F7N5O3/c1-27(2,3)43-26(42)36-17(10-16-11-20(31)21(32)14-19(16)30)13-23(41)39-8-9-40-24(37-38-25(40)28(33,34)35)22(39)12-15-6-4-5-7-18(15)29/h4-7,11,14,17,22H,8-10,12-13H2,1-3H3,(H,36,42)/t17-,22+/m1/s1. The van der Waals surface area contributed by atoms with Crippen LogP contribution < -0.4 is 5.32 Å². The van der Waals surface area contributed by atoms with Crippen LogP contribution in [0.1, 0.15) is 56.0 Å². The zero-order valence-corrected chi connectivity index (χ0v) is 23.3. The highest BCUT2D eigenvalue weighted by atomic mass is 19.4. The molecule has 3 aromatic rings. The predicted octanol–water partition coefficient (Wildman–Crippen LogP) is 5.51. The van der Waals surface area contributed by atoms with Crippen molar-refractivity contribution in [2.24, 2.45) is 0 Å². The van der Waals surface area contributed by atoms with Crippen LogP contribution in [0.5, 0.6) is 0 Å². The Morgan fingerprint density at radius 1 is 0.953 bits per heavy atom. The number of rotatable bonds is 7. The number of halogens is 7. The Hall–Kier alpha value is -4.17. The Morgan fingerprint density at radius 3 is 2.28 bits per heavy atom. The van der Waals surface area contributed by atoms with Crippen LogP contribution in [0.3, 0.4) is 0 Å². The molecule has 1 aliphatic rings. The van der Waals surface area contributed by atoms with Gasteiger partial charge < -0.3 is 19.5 Å². The van der Waals surface area contributed by atoms with Gasteiger partial charge >= 0.3 is 12.3 Å². The van der Waals surface area contributed by atoms with E-state index in [9.17, 15) is 40.3 Å². The van der Waals surface area contributed by atoms with Crippen molar-refractivity contribution in [3.8, 4) is 0 Å². The van der Waals surface area contributed by atoms with Crippen molar-refractivity contribution in [2.75, 3.05) is 6.54 Å². The van der Waals surface area contributed by atoms with Crippen molar-refractivity contribution < 1.29 is 45.1 Å². The van der Waals surface area contributed by atoms with Crippen LogP contribution in [0, 0.1) is 23.3 Å². The smallest absolute Gasteiger partial charge is 0.444 e. The largest absolute Gasteiger partial charge is 0.451 e. The van der Waals surface area contributed by atoms with Gasteiger partial charge in [-0.1, -0.05) is 18.2 Å². The number of alkyl halides is 3. The Labute approximate surface area is 241 Å². The third kappa shape index (κ3) is 7.62. The molecular weight excluding hydrogens is 587 g/mol. The highest BCUT2D eigenvalue weighted by Crippen LogP contribution is 2.35. The van der Waals surface area contributed by atoms with Gasteiger partial charge in [0.2, 0.25) is 11.7 Å². The Bertz CT molecular complexity index is 1500. The first-order valence-electron chi connectivity index (χ1n) is 13.2. The van der Waals surface area contributed by atoms with E-state index in [0.717, 1.165) is 10.6 Å². The van der Waals surface area contributed by atoms with Crippen molar-refractivity contribution in [2.45, 2.75) is 70.4 Å². The lowest BCUT2D eigenvalue weighted by atomic mass is 9.98. The molecule has 232 valence electrons. The number of amides is 2. The van der Waals surface area contributed by atoms with Gasteiger partial charge in [-0.15, -0.1) is 10.2 Å². The zero-order valence-electron chi connectivity index (χ0n) is 23.3. The number of aromatic nitrogens is 3. The molecule has 2 aromatic carbocycles. The molecule has 0 saturated carbocycles. The summed E-state index contributed by atoms with van der Waals surface area (Å²) in [4.78, 5) is 27.5. The van der Waals surface area contributed by atoms with E-state index in [2.05, 4.69) is 15.5 Å². The normalized spacial score (nSPS) is 16.0. The number of hydrogen-bond acceptors (Lipinski definition) is 5. The number of carbonyl (C=O) groups is 2. The molecule has 1 N–H and O–H groups in total. The molecular formula is C28H28F7N5O3. The summed E-state index contributed by atoms with van der Waals surface area (Å²) in [5, 5.41) is 9.39. The van der Waals surface area contributed by atoms with E-state index < -0.39 is 77.8 Å². The Kier molecular flexibility index (Phi) is 9.02. The maximum absolute atomic E-state index is 14.6. The molecule has 0 bridgehead atoms. The van der Waals surface area contributed by atoms with E-state index in [1.807, 2.05) is 0 Å². The van der Waals surface area contributed by atoms with E-state index >= 15 is 0 Å². The van der Waals surface area contributed by atoms with Crippen LogP contribution in [-0.2, 0) is 35.1 Å². The topological polar surface area (TPSA) is 89.4 Å². The first-order chi connectivity index (χ1) is 20.0. The summed E-state index contributed by atoms with van der Waals surface area (Å²) in [5.74, 6) is -6.76. The van der Waals surface area contributed by atoms with Gasteiger partial charge in [0.15, 0.2) is 17.5 Å². The summed E-state index contributed by atoms with van der Waals surface area (Å²) in [6, 6.07) is 4.04. The summed E-state index contributed by atoms with van der Waals surface area (Å²) < 4.78 is 103. The fourth-order valence-corrected chi connectivity index (χ4v) is 4.83. The molecule has 15 heteroatoms. The average molecular weight is 616 g/mol. The molecule has 0 fully saturated rings. The maximum Gasteiger partial charge on any atom is 0.451 e. The van der Waals surface area contributed by atoms with E-state index in [1.165, 1.54) is 23.1 Å². The summed E-state index contributed by atoms with van der Waals surface area (Å²) >= 11 is 0. The number of benzene rings is 2. The summed E-state index contributed by atoms with van der Waals surface area (Å²) in [6.45, 7) is 4.14. The van der Waals surface area contributed by atoms with Crippen molar-refractivity contribution in [3.63, 3.8) is 0 Å². The second-order valence-corrected chi connectivity index (χ2v) is 11.0. The SMILES string of the molecule is CC(C)(C)OC(=O)N[C@@H](CC(=O)N1CCn2c(nnc2C(F)(F)F)[C@@H]1Cc1ccccc1F)Cc1cc(F)c(F)cc1F. The molecule has 0 aliphatic carbocycles. The third-order valence-corrected chi connectivity index (χ3v) is 6.66. The summed E-state index contributed by atoms with van der Waals surface area (Å²) in [7, 11) is 0. The number of nitrogens with one attached hydrogen (secondary N) is 1. The van der Waals surface area contributed by atoms with E-state index in [1.54, 1.807) is 20.8 Å². The summed E-state index contributed by atoms with van der Waals surface area (Å²) in [5.41, 5.74) is -1.20. The second-order valence-electron chi connectivity index (χ2n) is 11.0. The third-order valence-electron chi connectivity index (χ3n) is 6.66. The van der Waals surface area contributed by atoms with Crippen molar-refractivity contribution in [1.82, 2.24) is 25.0 Å². The van der Waals surface area contributed by atoms with Crippen molar-refractivity contribution in [3.05, 3.63) is 82.4 Å². The van der Waals surface area contributed by atoms with Gasteiger partial charge in [0, 0.05) is 38.0 Å². The number of hydrogen-bond donors (Lipinski definition) is 1. The molecule has 0 spiro atoms. The number of alkyl carbamates (subject to hydrolysis) is 1. The van der Waals surface area contributed by atoms with Gasteiger partial charge in [0.25, 0.3) is 0 Å². The molecule has 1 aliphatic heterocycles. The molecule has 4 rings (SSSR count). The van der Waals surface area contributed by atoms with Gasteiger partial charge in [-0.3, -0.25) is 4.79 Å². The fraction of sp³-hybridized carbons (Fsp3) is 0.429. The Morgan fingerprint density at radius 2 is 1.63 bits per heavy atom. The lowest BCUT2D eigenvalue weighted by molar-refractivity contribution is -0.148. The first kappa shape index (κ1) is 31.8. The van der Waals surface area contributed by atoms with Crippen LogP contribution in [0.4, 0.5) is 35.5 Å². The number of fused-ring (bicyclic) bond motifs is 1. The van der Waals surface area contributed by atoms with Crippen LogP contribution in [0.2, 0.25) is 0 Å². The number of carbonyl (C=O) groups excluding carboxylic acids is 2. The lowest BCUT2D eigenvalue weighted by Crippen LogP contribution is -2.48. The molecule has 0 radical (unpaired) electrons. The van der Waals surface area contributed by atoms with E-state index in [-0.39, 0.29) is 36.5 Å². The molecule has 43 heavy (non-hydrogen) atoms. The molecule has 0 unspecified atom stereocenters. The molecule has 2 atom stereocenters. The van der Waals surface area contributed by atoms with E-state index in [4.69, 9.17) is 4.74 Å². The highest BCUT2D eigenvalue weighted by molar-refractivity contribution is 5.78. The van der Waals surface area contributed by atoms with Gasteiger partial charge in [0.05, 0.1) is 6.04 Å². The minimum absolute atomic E-state index is 0.0996. The van der Waals surface area contributed by atoms with Crippen LogP contribution in [0.15, 0.2) is 36.4 Å². The minimum atomic E-state index is -4.84. The van der Waals surface area contributed by atoms with Crippen LogP contribution in [-0.4, -0.2) is 49.9 Å². The monoisotopic (exact) mass is 615 g/mol. The molecule has 8 nitrogen and oxygen atoms in total. The maximum atomic E-state index is 14.6. The average Bonchev–Trinajstić information content (AvgIpc) is 3.33. The van der Waals surface area contributed by atoms with Crippen LogP contribution >= 0.6 is 0 Å². The molecule has 2 amide bonds. The summed E-state index contributed by atoms with van der Waals surface area (Å²) in [6.07, 6.45) is -7.09. The highest BCUT2D eigenvalue weighted by Gasteiger charge is 2.43. The van der Waals surface area contributed by atoms with Gasteiger partial charge in [-0.25, -0.2) is 22.4 Å². The predicted molar refractivity (Wildman–Crippen MR) is 137 cm³/mol. The number of nitrogens with zero attached hydrogens (tertiary/aromatic N) is 4. The lowest BCUT2D eigenvalue weighted by Gasteiger charge is -2.37. The molecule has 0 saturated heterocycles. The van der Waals surface area contributed by atoms with Gasteiger partial charge in [0.1, 0.15) is 17.2 Å². The zero-order chi connectivity index (χ0) is 31.7. The van der Waals surface area contributed by atoms with Gasteiger partial charge in [-0.2, -0.15) is 13.2 Å². The van der Waals surface area contributed by atoms with Crippen molar-refractivity contribution >= 4 is 12.0 Å². The molecule has 2 heterocycles. The fourth-order valence-electron chi connectivity index (χ4n) is 4.83.